The van der Waals surface area contributed by atoms with Crippen LogP contribution in [0.25, 0.3) is 0 Å². The van der Waals surface area contributed by atoms with E-state index in [1.807, 2.05) is 0 Å². The number of ether oxygens (including phenoxy) is 1. The summed E-state index contributed by atoms with van der Waals surface area (Å²) >= 11 is 5.42. The Bertz CT molecular complexity index is 187. The number of hydrogen-bond acceptors (Lipinski definition) is 3. The minimum absolute atomic E-state index is 0.0107. The van der Waals surface area contributed by atoms with Crippen LogP contribution in [0.15, 0.2) is 0 Å². The predicted molar refractivity (Wildman–Crippen MR) is 52.0 cm³/mol. The molecule has 2 amide bonds. The second-order valence-electron chi connectivity index (χ2n) is 2.63. The Kier molecular flexibility index (Phi) is 8.02. The molecule has 14 heavy (non-hydrogen) atoms. The van der Waals surface area contributed by atoms with E-state index in [0.717, 1.165) is 12.8 Å². The van der Waals surface area contributed by atoms with E-state index >= 15 is 0 Å². The summed E-state index contributed by atoms with van der Waals surface area (Å²) in [5.41, 5.74) is 6.57. The molecule has 0 aromatic heterocycles. The summed E-state index contributed by atoms with van der Waals surface area (Å²) in [5.74, 6) is -0.148. The van der Waals surface area contributed by atoms with Gasteiger partial charge in [0.1, 0.15) is 0 Å². The van der Waals surface area contributed by atoms with Gasteiger partial charge in [0, 0.05) is 18.8 Å². The molecule has 0 aliphatic heterocycles. The van der Waals surface area contributed by atoms with E-state index in [1.165, 1.54) is 0 Å². The van der Waals surface area contributed by atoms with Crippen molar-refractivity contribution in [2.45, 2.75) is 19.3 Å². The third-order valence-electron chi connectivity index (χ3n) is 1.38. The van der Waals surface area contributed by atoms with Crippen molar-refractivity contribution in [3.63, 3.8) is 0 Å². The molecule has 0 saturated carbocycles. The smallest absolute Gasteiger partial charge is 0.407 e. The third-order valence-corrected chi connectivity index (χ3v) is 1.65. The highest BCUT2D eigenvalue weighted by atomic mass is 35.5. The fourth-order valence-corrected chi connectivity index (χ4v) is 0.880. The number of carbonyl (C=O) groups excluding carboxylic acids is 2. The number of amides is 2. The van der Waals surface area contributed by atoms with Crippen molar-refractivity contribution >= 4 is 23.6 Å². The van der Waals surface area contributed by atoms with Gasteiger partial charge in [0.2, 0.25) is 5.91 Å². The first kappa shape index (κ1) is 13.0. The molecule has 0 saturated heterocycles. The lowest BCUT2D eigenvalue weighted by molar-refractivity contribution is -0.118. The highest BCUT2D eigenvalue weighted by Crippen LogP contribution is 1.92. The molecule has 0 spiro atoms. The standard InChI is InChI=1S/C8H14ClN2O3/c9-4-1-2-6-14-8(13)11-5-3-7(10)12/h10H,1-6H2,(H,11,13). The lowest BCUT2D eigenvalue weighted by Crippen LogP contribution is -2.27. The van der Waals surface area contributed by atoms with Crippen LogP contribution in [0.2, 0.25) is 0 Å². The highest BCUT2D eigenvalue weighted by Gasteiger charge is 2.01. The predicted octanol–water partition coefficient (Wildman–Crippen LogP) is 0.931. The van der Waals surface area contributed by atoms with Gasteiger partial charge in [-0.05, 0) is 12.8 Å². The van der Waals surface area contributed by atoms with Crippen LogP contribution in [0.3, 0.4) is 0 Å². The normalized spacial score (nSPS) is 9.50. The Morgan fingerprint density at radius 2 is 2.07 bits per heavy atom. The van der Waals surface area contributed by atoms with Crippen LogP contribution in [0, 0.1) is 0 Å². The summed E-state index contributed by atoms with van der Waals surface area (Å²) in [6.07, 6.45) is 0.992. The van der Waals surface area contributed by atoms with Crippen molar-refractivity contribution in [1.82, 2.24) is 11.1 Å². The molecule has 2 N–H and O–H groups in total. The molecule has 0 heterocycles. The van der Waals surface area contributed by atoms with Crippen molar-refractivity contribution in [2.24, 2.45) is 0 Å². The molecular formula is C8H14ClN2O3. The van der Waals surface area contributed by atoms with E-state index in [0.29, 0.717) is 12.5 Å². The zero-order chi connectivity index (χ0) is 10.8. The zero-order valence-corrected chi connectivity index (χ0v) is 8.60. The Balaban J connectivity index is 3.24. The number of alkyl halides is 1. The fourth-order valence-electron chi connectivity index (χ4n) is 0.691. The van der Waals surface area contributed by atoms with Gasteiger partial charge >= 0.3 is 6.09 Å². The monoisotopic (exact) mass is 221 g/mol. The molecule has 0 rings (SSSR count). The van der Waals surface area contributed by atoms with E-state index < -0.39 is 12.0 Å². The molecule has 0 atom stereocenters. The maximum absolute atomic E-state index is 10.8. The Morgan fingerprint density at radius 1 is 1.36 bits per heavy atom. The van der Waals surface area contributed by atoms with Crippen molar-refractivity contribution in [1.29, 1.82) is 0 Å². The van der Waals surface area contributed by atoms with Crippen LogP contribution < -0.4 is 11.1 Å². The molecule has 0 aromatic rings. The first-order valence-electron chi connectivity index (χ1n) is 4.38. The SMILES string of the molecule is [NH]C(=O)CCNC(=O)OCCCCCl. The summed E-state index contributed by atoms with van der Waals surface area (Å²) in [4.78, 5) is 21.0. The fraction of sp³-hybridized carbons (Fsp3) is 0.750. The van der Waals surface area contributed by atoms with E-state index in [2.05, 4.69) is 5.32 Å². The van der Waals surface area contributed by atoms with Gasteiger partial charge in [-0.2, -0.15) is 0 Å². The maximum Gasteiger partial charge on any atom is 0.407 e. The average molecular weight is 222 g/mol. The van der Waals surface area contributed by atoms with Crippen molar-refractivity contribution in [3.05, 3.63) is 0 Å². The second-order valence-corrected chi connectivity index (χ2v) is 3.01. The molecule has 0 aliphatic rings. The molecule has 0 aromatic carbocycles. The van der Waals surface area contributed by atoms with Crippen molar-refractivity contribution in [2.75, 3.05) is 19.0 Å². The average Bonchev–Trinajstić information content (AvgIpc) is 2.12. The first-order valence-corrected chi connectivity index (χ1v) is 4.91. The number of hydrogen-bond donors (Lipinski definition) is 1. The van der Waals surface area contributed by atoms with Gasteiger partial charge in [-0.25, -0.2) is 4.79 Å². The number of rotatable bonds is 7. The van der Waals surface area contributed by atoms with Crippen LogP contribution in [0.4, 0.5) is 4.79 Å². The summed E-state index contributed by atoms with van der Waals surface area (Å²) in [7, 11) is 0. The topological polar surface area (TPSA) is 79.2 Å². The summed E-state index contributed by atoms with van der Waals surface area (Å²) in [5, 5.41) is 2.36. The van der Waals surface area contributed by atoms with Gasteiger partial charge in [0.25, 0.3) is 0 Å². The Morgan fingerprint density at radius 3 is 2.64 bits per heavy atom. The largest absolute Gasteiger partial charge is 0.450 e. The molecule has 0 fully saturated rings. The number of carbonyl (C=O) groups is 2. The maximum atomic E-state index is 10.8. The number of halogens is 1. The lowest BCUT2D eigenvalue weighted by Gasteiger charge is -2.04. The third kappa shape index (κ3) is 9.12. The lowest BCUT2D eigenvalue weighted by atomic mass is 10.4. The van der Waals surface area contributed by atoms with E-state index in [1.54, 1.807) is 0 Å². The molecule has 6 heteroatoms. The van der Waals surface area contributed by atoms with Gasteiger partial charge in [0.05, 0.1) is 6.61 Å². The molecule has 5 nitrogen and oxygen atoms in total. The molecule has 1 radical (unpaired) electrons. The van der Waals surface area contributed by atoms with Crippen molar-refractivity contribution < 1.29 is 14.3 Å². The summed E-state index contributed by atoms with van der Waals surface area (Å²) in [6.45, 7) is 0.476. The van der Waals surface area contributed by atoms with E-state index in [4.69, 9.17) is 22.1 Å². The van der Waals surface area contributed by atoms with Crippen LogP contribution in [-0.2, 0) is 9.53 Å². The second kappa shape index (κ2) is 8.62. The number of unbranched alkanes of at least 4 members (excludes halogenated alkanes) is 1. The van der Waals surface area contributed by atoms with Crippen LogP contribution in [-0.4, -0.2) is 31.0 Å². The summed E-state index contributed by atoms with van der Waals surface area (Å²) < 4.78 is 4.74. The number of alkyl carbamates (subject to hydrolysis) is 1. The molecule has 81 valence electrons. The molecule has 0 unspecified atom stereocenters. The van der Waals surface area contributed by atoms with Crippen LogP contribution in [0.1, 0.15) is 19.3 Å². The highest BCUT2D eigenvalue weighted by molar-refractivity contribution is 6.17. The Labute approximate surface area is 87.9 Å². The van der Waals surface area contributed by atoms with E-state index in [9.17, 15) is 9.59 Å². The minimum Gasteiger partial charge on any atom is -0.450 e. The van der Waals surface area contributed by atoms with Crippen LogP contribution >= 0.6 is 11.6 Å². The summed E-state index contributed by atoms with van der Waals surface area (Å²) in [6, 6.07) is 0. The first-order chi connectivity index (χ1) is 6.66. The quantitative estimate of drug-likeness (QED) is 0.513. The number of nitrogens with one attached hydrogen (secondary N) is 2. The van der Waals surface area contributed by atoms with Gasteiger partial charge in [-0.3, -0.25) is 10.5 Å². The van der Waals surface area contributed by atoms with Crippen molar-refractivity contribution in [3.8, 4) is 0 Å². The van der Waals surface area contributed by atoms with Gasteiger partial charge in [-0.1, -0.05) is 0 Å². The zero-order valence-electron chi connectivity index (χ0n) is 7.85. The minimum atomic E-state index is -0.701. The molecule has 0 bridgehead atoms. The van der Waals surface area contributed by atoms with Gasteiger partial charge in [-0.15, -0.1) is 11.6 Å². The van der Waals surface area contributed by atoms with Gasteiger partial charge in [0.15, 0.2) is 0 Å². The Hall–Kier alpha value is -0.970. The van der Waals surface area contributed by atoms with E-state index in [-0.39, 0.29) is 13.0 Å². The molecular weight excluding hydrogens is 208 g/mol. The molecule has 0 aliphatic carbocycles. The van der Waals surface area contributed by atoms with Crippen LogP contribution in [0.5, 0.6) is 0 Å². The van der Waals surface area contributed by atoms with Gasteiger partial charge < -0.3 is 10.1 Å².